The van der Waals surface area contributed by atoms with Crippen molar-refractivity contribution in [1.29, 1.82) is 0 Å². The largest absolute Gasteiger partial charge is 0.363 e. The zero-order valence-corrected chi connectivity index (χ0v) is 18.2. The molecule has 3 aromatic heterocycles. The Bertz CT molecular complexity index is 1650. The van der Waals surface area contributed by atoms with Crippen LogP contribution in [-0.4, -0.2) is 30.4 Å². The summed E-state index contributed by atoms with van der Waals surface area (Å²) in [4.78, 5) is 30.2. The molecule has 0 radical (unpaired) electrons. The number of nitrogens with zero attached hydrogens (tertiary/aromatic N) is 5. The molecule has 0 aliphatic heterocycles. The first-order chi connectivity index (χ1) is 16.8. The molecule has 0 atom stereocenters. The Kier molecular flexibility index (Phi) is 5.20. The number of carbonyl (C=O) groups excluding carboxylic acids is 1. The smallest absolute Gasteiger partial charge is 0.278 e. The van der Waals surface area contributed by atoms with E-state index in [1.165, 1.54) is 44.6 Å². The van der Waals surface area contributed by atoms with Crippen LogP contribution >= 0.6 is 0 Å². The summed E-state index contributed by atoms with van der Waals surface area (Å²) in [7, 11) is 1.37. The zero-order valence-electron chi connectivity index (χ0n) is 18.2. The number of amides is 1. The molecule has 0 saturated carbocycles. The van der Waals surface area contributed by atoms with Crippen LogP contribution in [0.5, 0.6) is 0 Å². The minimum absolute atomic E-state index is 0.0285. The van der Waals surface area contributed by atoms with Gasteiger partial charge in [0.15, 0.2) is 23.1 Å². The van der Waals surface area contributed by atoms with E-state index >= 15 is 0 Å². The number of anilines is 1. The normalized spacial score (nSPS) is 11.2. The second kappa shape index (κ2) is 8.24. The van der Waals surface area contributed by atoms with Crippen molar-refractivity contribution in [2.24, 2.45) is 7.05 Å². The molecule has 2 aromatic carbocycles. The van der Waals surface area contributed by atoms with E-state index in [0.29, 0.717) is 0 Å². The predicted molar refractivity (Wildman–Crippen MR) is 119 cm³/mol. The van der Waals surface area contributed by atoms with Gasteiger partial charge in [0, 0.05) is 24.2 Å². The van der Waals surface area contributed by atoms with E-state index in [0.717, 1.165) is 27.4 Å². The van der Waals surface area contributed by atoms with Gasteiger partial charge >= 0.3 is 0 Å². The molecule has 3 heterocycles. The van der Waals surface area contributed by atoms with Crippen molar-refractivity contribution in [2.45, 2.75) is 6.92 Å². The molecule has 5 aromatic rings. The monoisotopic (exact) mass is 480 g/mol. The van der Waals surface area contributed by atoms with Crippen LogP contribution in [-0.2, 0) is 7.05 Å². The first-order valence-electron chi connectivity index (χ1n) is 10.2. The molecule has 9 nitrogen and oxygen atoms in total. The van der Waals surface area contributed by atoms with Gasteiger partial charge < -0.3 is 9.84 Å². The molecule has 0 fully saturated rings. The molecular weight excluding hydrogens is 465 g/mol. The summed E-state index contributed by atoms with van der Waals surface area (Å²) in [6.45, 7) is 1.44. The van der Waals surface area contributed by atoms with E-state index in [1.807, 2.05) is 0 Å². The Morgan fingerprint density at radius 2 is 1.83 bits per heavy atom. The summed E-state index contributed by atoms with van der Waals surface area (Å²) < 4.78 is 50.2. The summed E-state index contributed by atoms with van der Waals surface area (Å²) in [6, 6.07) is 7.09. The van der Waals surface area contributed by atoms with E-state index in [-0.39, 0.29) is 39.4 Å². The molecule has 12 heteroatoms. The quantitative estimate of drug-likeness (QED) is 0.420. The van der Waals surface area contributed by atoms with Crippen LogP contribution in [0.2, 0.25) is 0 Å². The van der Waals surface area contributed by atoms with Crippen molar-refractivity contribution < 1.29 is 22.5 Å². The Hall–Kier alpha value is -4.74. The van der Waals surface area contributed by atoms with Gasteiger partial charge in [-0.15, -0.1) is 0 Å². The Labute approximate surface area is 194 Å². The Balaban J connectivity index is 1.67. The fourth-order valence-electron chi connectivity index (χ4n) is 3.70. The third kappa shape index (κ3) is 3.64. The summed E-state index contributed by atoms with van der Waals surface area (Å²) in [6.07, 6.45) is 2.49. The minimum Gasteiger partial charge on any atom is -0.363 e. The van der Waals surface area contributed by atoms with Gasteiger partial charge in [-0.2, -0.15) is 5.10 Å². The molecule has 1 amide bonds. The number of nitrogens with one attached hydrogen (secondary N) is 1. The lowest BCUT2D eigenvalue weighted by atomic mass is 10.0. The average molecular weight is 480 g/mol. The molecule has 0 aliphatic carbocycles. The van der Waals surface area contributed by atoms with Crippen molar-refractivity contribution in [3.8, 4) is 16.9 Å². The topological polar surface area (TPSA) is 108 Å². The number of rotatable bonds is 4. The summed E-state index contributed by atoms with van der Waals surface area (Å²) >= 11 is 0. The van der Waals surface area contributed by atoms with E-state index in [9.17, 15) is 22.8 Å². The van der Waals surface area contributed by atoms with Crippen molar-refractivity contribution in [1.82, 2.24) is 24.5 Å². The molecule has 0 saturated heterocycles. The van der Waals surface area contributed by atoms with E-state index < -0.39 is 34.6 Å². The maximum Gasteiger partial charge on any atom is 0.278 e. The minimum atomic E-state index is -0.879. The highest BCUT2D eigenvalue weighted by Crippen LogP contribution is 2.27. The second-order valence-electron chi connectivity index (χ2n) is 7.63. The first-order valence-corrected chi connectivity index (χ1v) is 10.2. The molecule has 0 spiro atoms. The fourth-order valence-corrected chi connectivity index (χ4v) is 3.70. The van der Waals surface area contributed by atoms with E-state index in [1.54, 1.807) is 0 Å². The van der Waals surface area contributed by atoms with Crippen LogP contribution in [0.15, 0.2) is 58.2 Å². The number of aryl methyl sites for hydroxylation is 1. The number of para-hydroxylation sites is 1. The zero-order chi connectivity index (χ0) is 24.9. The lowest BCUT2D eigenvalue weighted by molar-refractivity contribution is 0.102. The standard InChI is InChI=1S/C23H15F3N6O3/c1-11-13(8-12(9-16(11)26)21(33)29-18-6-7-35-30-18)19-23(34)31(2)22-17(28-19)10-27-32(22)20-14(24)4-3-5-15(20)25/h3-10H,1-2H3,(H,29,30,33). The van der Waals surface area contributed by atoms with Crippen LogP contribution in [0.1, 0.15) is 15.9 Å². The number of hydrogen-bond acceptors (Lipinski definition) is 6. The van der Waals surface area contributed by atoms with Gasteiger partial charge in [-0.3, -0.25) is 14.2 Å². The fraction of sp³-hybridized carbons (Fsp3) is 0.0870. The van der Waals surface area contributed by atoms with Gasteiger partial charge in [-0.1, -0.05) is 11.2 Å². The summed E-state index contributed by atoms with van der Waals surface area (Å²) in [5, 5.41) is 10.0. The number of hydrogen-bond donors (Lipinski definition) is 1. The van der Waals surface area contributed by atoms with Gasteiger partial charge in [0.25, 0.3) is 11.5 Å². The molecule has 0 unspecified atom stereocenters. The van der Waals surface area contributed by atoms with E-state index in [2.05, 4.69) is 25.1 Å². The number of halogens is 3. The van der Waals surface area contributed by atoms with Crippen LogP contribution in [0, 0.1) is 24.4 Å². The molecule has 0 bridgehead atoms. The lowest BCUT2D eigenvalue weighted by Crippen LogP contribution is -2.23. The number of aromatic nitrogens is 5. The molecule has 5 rings (SSSR count). The number of carbonyl (C=O) groups is 1. The van der Waals surface area contributed by atoms with Crippen LogP contribution in [0.25, 0.3) is 28.1 Å². The van der Waals surface area contributed by atoms with Crippen molar-refractivity contribution in [3.63, 3.8) is 0 Å². The molecular formula is C23H15F3N6O3. The Morgan fingerprint density at radius 3 is 2.51 bits per heavy atom. The van der Waals surface area contributed by atoms with Crippen molar-refractivity contribution in [3.05, 3.63) is 87.8 Å². The lowest BCUT2D eigenvalue weighted by Gasteiger charge is -2.12. The molecule has 176 valence electrons. The second-order valence-corrected chi connectivity index (χ2v) is 7.63. The highest BCUT2D eigenvalue weighted by Gasteiger charge is 2.22. The van der Waals surface area contributed by atoms with Crippen LogP contribution < -0.4 is 10.9 Å². The molecule has 1 N–H and O–H groups in total. The van der Waals surface area contributed by atoms with Crippen molar-refractivity contribution in [2.75, 3.05) is 5.32 Å². The first kappa shape index (κ1) is 22.1. The SMILES string of the molecule is Cc1c(F)cc(C(=O)Nc2ccon2)cc1-c1nc2cnn(-c3c(F)cccc3F)c2n(C)c1=O. The van der Waals surface area contributed by atoms with Gasteiger partial charge in [-0.25, -0.2) is 22.8 Å². The van der Waals surface area contributed by atoms with Crippen molar-refractivity contribution >= 4 is 22.9 Å². The van der Waals surface area contributed by atoms with E-state index in [4.69, 9.17) is 0 Å². The average Bonchev–Trinajstić information content (AvgIpc) is 3.48. The maximum atomic E-state index is 14.8. The maximum absolute atomic E-state index is 14.8. The summed E-state index contributed by atoms with van der Waals surface area (Å²) in [5.74, 6) is -3.05. The van der Waals surface area contributed by atoms with Gasteiger partial charge in [0.2, 0.25) is 0 Å². The number of fused-ring (bicyclic) bond motifs is 1. The highest BCUT2D eigenvalue weighted by molar-refractivity contribution is 6.04. The number of benzene rings is 2. The third-order valence-electron chi connectivity index (χ3n) is 5.47. The van der Waals surface area contributed by atoms with Gasteiger partial charge in [0.1, 0.15) is 29.0 Å². The Morgan fingerprint density at radius 1 is 1.09 bits per heavy atom. The molecule has 0 aliphatic rings. The van der Waals surface area contributed by atoms with Gasteiger partial charge in [0.05, 0.1) is 6.20 Å². The highest BCUT2D eigenvalue weighted by atomic mass is 19.1. The predicted octanol–water partition coefficient (Wildman–Crippen LogP) is 3.75. The summed E-state index contributed by atoms with van der Waals surface area (Å²) in [5.41, 5.74) is -1.10. The van der Waals surface area contributed by atoms with Crippen LogP contribution in [0.4, 0.5) is 19.0 Å². The third-order valence-corrected chi connectivity index (χ3v) is 5.47. The van der Waals surface area contributed by atoms with Gasteiger partial charge in [-0.05, 0) is 36.8 Å². The van der Waals surface area contributed by atoms with Crippen LogP contribution in [0.3, 0.4) is 0 Å². The molecule has 35 heavy (non-hydrogen) atoms.